The molecule has 1 aromatic rings. The van der Waals surface area contributed by atoms with Gasteiger partial charge in [-0.05, 0) is 6.42 Å². The zero-order valence-electron chi connectivity index (χ0n) is 9.60. The van der Waals surface area contributed by atoms with Gasteiger partial charge < -0.3 is 15.4 Å². The van der Waals surface area contributed by atoms with Crippen molar-refractivity contribution < 1.29 is 9.30 Å². The van der Waals surface area contributed by atoms with Crippen LogP contribution in [0, 0.1) is 0 Å². The molecule has 0 bridgehead atoms. The number of hydrogen-bond donors (Lipinski definition) is 1. The minimum absolute atomic E-state index is 0.707. The van der Waals surface area contributed by atoms with E-state index in [0.29, 0.717) is 5.82 Å². The monoisotopic (exact) mass is 211 g/mol. The molecular weight excluding hydrogens is 192 g/mol. The third-order valence-electron chi connectivity index (χ3n) is 2.28. The van der Waals surface area contributed by atoms with Gasteiger partial charge in [0.1, 0.15) is 0 Å². The number of aromatic nitrogens is 2. The van der Waals surface area contributed by atoms with Gasteiger partial charge in [0.05, 0.1) is 13.1 Å². The molecule has 0 radical (unpaired) electrons. The number of rotatable bonds is 5. The quantitative estimate of drug-likeness (QED) is 0.548. The maximum absolute atomic E-state index is 5.78. The van der Waals surface area contributed by atoms with E-state index >= 15 is 0 Å². The third-order valence-corrected chi connectivity index (χ3v) is 2.28. The van der Waals surface area contributed by atoms with E-state index in [4.69, 9.17) is 10.5 Å². The molecule has 0 amide bonds. The predicted molar refractivity (Wildman–Crippen MR) is 59.6 cm³/mol. The highest BCUT2D eigenvalue weighted by Crippen LogP contribution is 2.08. The van der Waals surface area contributed by atoms with Crippen LogP contribution in [0.4, 0.5) is 11.6 Å². The van der Waals surface area contributed by atoms with E-state index in [9.17, 15) is 0 Å². The van der Waals surface area contributed by atoms with Crippen LogP contribution in [0.5, 0.6) is 0 Å². The largest absolute Gasteiger partial charge is 0.385 e. The molecule has 0 spiro atoms. The second kappa shape index (κ2) is 5.50. The minimum atomic E-state index is 0.707. The average Bonchev–Trinajstić information content (AvgIpc) is 2.22. The fourth-order valence-electron chi connectivity index (χ4n) is 1.25. The van der Waals surface area contributed by atoms with Crippen molar-refractivity contribution >= 4 is 11.6 Å². The van der Waals surface area contributed by atoms with Crippen LogP contribution in [0.3, 0.4) is 0 Å². The fourth-order valence-corrected chi connectivity index (χ4v) is 1.25. The van der Waals surface area contributed by atoms with E-state index in [0.717, 1.165) is 25.4 Å². The van der Waals surface area contributed by atoms with Crippen molar-refractivity contribution in [3.05, 3.63) is 12.4 Å². The highest BCUT2D eigenvalue weighted by molar-refractivity contribution is 5.42. The predicted octanol–water partition coefficient (Wildman–Crippen LogP) is -0.0390. The first kappa shape index (κ1) is 11.7. The van der Waals surface area contributed by atoms with Gasteiger partial charge in [0.2, 0.25) is 18.0 Å². The lowest BCUT2D eigenvalue weighted by Crippen LogP contribution is -2.33. The Balaban J connectivity index is 2.57. The molecule has 0 saturated carbocycles. The summed E-state index contributed by atoms with van der Waals surface area (Å²) in [6.07, 6.45) is 2.70. The van der Waals surface area contributed by atoms with E-state index in [-0.39, 0.29) is 0 Å². The van der Waals surface area contributed by atoms with E-state index in [1.807, 2.05) is 20.2 Å². The van der Waals surface area contributed by atoms with E-state index in [1.165, 1.54) is 0 Å². The van der Waals surface area contributed by atoms with Gasteiger partial charge in [-0.3, -0.25) is 0 Å². The molecule has 0 unspecified atom stereocenters. The van der Waals surface area contributed by atoms with E-state index in [2.05, 4.69) is 9.88 Å². The molecule has 0 aliphatic carbocycles. The van der Waals surface area contributed by atoms with Crippen molar-refractivity contribution in [3.8, 4) is 0 Å². The zero-order valence-corrected chi connectivity index (χ0v) is 9.60. The van der Waals surface area contributed by atoms with Gasteiger partial charge in [-0.1, -0.05) is 4.98 Å². The van der Waals surface area contributed by atoms with Crippen LogP contribution in [0.25, 0.3) is 0 Å². The maximum atomic E-state index is 5.78. The summed E-state index contributed by atoms with van der Waals surface area (Å²) in [6.45, 7) is 1.68. The van der Waals surface area contributed by atoms with Crippen LogP contribution in [0.2, 0.25) is 0 Å². The number of ether oxygens (including phenoxy) is 1. The summed E-state index contributed by atoms with van der Waals surface area (Å²) < 4.78 is 6.78. The smallest absolute Gasteiger partial charge is 0.227 e. The Morgan fingerprint density at radius 3 is 2.93 bits per heavy atom. The molecule has 0 aromatic carbocycles. The van der Waals surface area contributed by atoms with Gasteiger partial charge >= 0.3 is 0 Å². The fraction of sp³-hybridized carbons (Fsp3) is 0.600. The van der Waals surface area contributed by atoms with Crippen molar-refractivity contribution in [1.82, 2.24) is 4.98 Å². The van der Waals surface area contributed by atoms with Crippen LogP contribution in [-0.2, 0) is 11.8 Å². The van der Waals surface area contributed by atoms with Gasteiger partial charge in [-0.2, -0.15) is 0 Å². The molecule has 1 rings (SSSR count). The van der Waals surface area contributed by atoms with Crippen molar-refractivity contribution in [2.75, 3.05) is 37.9 Å². The molecule has 0 aliphatic heterocycles. The molecule has 84 valence electrons. The van der Waals surface area contributed by atoms with E-state index < -0.39 is 0 Å². The topological polar surface area (TPSA) is 55.3 Å². The van der Waals surface area contributed by atoms with Gasteiger partial charge in [0.25, 0.3) is 0 Å². The Kier molecular flexibility index (Phi) is 4.30. The van der Waals surface area contributed by atoms with Crippen molar-refractivity contribution in [1.29, 1.82) is 0 Å². The molecule has 0 aliphatic rings. The lowest BCUT2D eigenvalue weighted by molar-refractivity contribution is -0.659. The first-order chi connectivity index (χ1) is 7.15. The zero-order chi connectivity index (χ0) is 11.3. The molecule has 5 heteroatoms. The Morgan fingerprint density at radius 1 is 1.60 bits per heavy atom. The molecule has 2 N–H and O–H groups in total. The lowest BCUT2D eigenvalue weighted by Gasteiger charge is -2.15. The number of nitrogen functional groups attached to an aromatic ring is 1. The molecule has 0 atom stereocenters. The lowest BCUT2D eigenvalue weighted by atomic mass is 10.4. The SMILES string of the molecule is COCCCN(C)c1cc(N)[n+](C)cn1. The van der Waals surface area contributed by atoms with Crippen LogP contribution >= 0.6 is 0 Å². The number of nitrogens with zero attached hydrogens (tertiary/aromatic N) is 3. The normalized spacial score (nSPS) is 10.3. The number of methoxy groups -OCH3 is 1. The van der Waals surface area contributed by atoms with Gasteiger partial charge in [0, 0.05) is 27.3 Å². The number of hydrogen-bond acceptors (Lipinski definition) is 4. The van der Waals surface area contributed by atoms with Gasteiger partial charge in [-0.15, -0.1) is 0 Å². The molecular formula is C10H19N4O+. The number of anilines is 2. The first-order valence-corrected chi connectivity index (χ1v) is 4.96. The molecule has 5 nitrogen and oxygen atoms in total. The summed E-state index contributed by atoms with van der Waals surface area (Å²) in [6, 6.07) is 1.87. The Bertz CT molecular complexity index is 316. The summed E-state index contributed by atoms with van der Waals surface area (Å²) in [4.78, 5) is 6.35. The van der Waals surface area contributed by atoms with Crippen molar-refractivity contribution in [3.63, 3.8) is 0 Å². The van der Waals surface area contributed by atoms with Crippen LogP contribution in [0.1, 0.15) is 6.42 Å². The van der Waals surface area contributed by atoms with Crippen molar-refractivity contribution in [2.45, 2.75) is 6.42 Å². The maximum Gasteiger partial charge on any atom is 0.227 e. The highest BCUT2D eigenvalue weighted by Gasteiger charge is 2.08. The van der Waals surface area contributed by atoms with Crippen LogP contribution in [0.15, 0.2) is 12.4 Å². The molecule has 1 heterocycles. The first-order valence-electron chi connectivity index (χ1n) is 4.96. The standard InChI is InChI=1S/C10H18N4O/c1-13(5-4-6-15-3)10-7-9(11)14(2)8-12-10/h7-8,11H,4-6H2,1-3H3/p+1. The Hall–Kier alpha value is -1.36. The van der Waals surface area contributed by atoms with Crippen LogP contribution in [-0.4, -0.2) is 32.3 Å². The molecule has 0 fully saturated rings. The van der Waals surface area contributed by atoms with Crippen molar-refractivity contribution in [2.24, 2.45) is 7.05 Å². The van der Waals surface area contributed by atoms with Gasteiger partial charge in [-0.25, -0.2) is 4.57 Å². The summed E-state index contributed by atoms with van der Waals surface area (Å²) in [5, 5.41) is 0. The average molecular weight is 211 g/mol. The molecule has 0 saturated heterocycles. The number of aryl methyl sites for hydroxylation is 1. The number of nitrogens with two attached hydrogens (primary N) is 1. The minimum Gasteiger partial charge on any atom is -0.385 e. The molecule has 1 aromatic heterocycles. The van der Waals surface area contributed by atoms with Gasteiger partial charge in [0.15, 0.2) is 0 Å². The summed E-state index contributed by atoms with van der Waals surface area (Å²) in [7, 11) is 5.58. The van der Waals surface area contributed by atoms with Crippen LogP contribution < -0.4 is 15.2 Å². The van der Waals surface area contributed by atoms with E-state index in [1.54, 1.807) is 18.0 Å². The third kappa shape index (κ3) is 3.36. The second-order valence-corrected chi connectivity index (χ2v) is 3.55. The Labute approximate surface area is 90.5 Å². The summed E-state index contributed by atoms with van der Waals surface area (Å²) >= 11 is 0. The summed E-state index contributed by atoms with van der Waals surface area (Å²) in [5.74, 6) is 1.60. The molecule has 15 heavy (non-hydrogen) atoms. The Morgan fingerprint density at radius 2 is 2.33 bits per heavy atom. The summed E-state index contributed by atoms with van der Waals surface area (Å²) in [5.41, 5.74) is 5.78. The second-order valence-electron chi connectivity index (χ2n) is 3.55. The highest BCUT2D eigenvalue weighted by atomic mass is 16.5.